The summed E-state index contributed by atoms with van der Waals surface area (Å²) in [5, 5.41) is 2.54. The quantitative estimate of drug-likeness (QED) is 0.445. The third-order valence-corrected chi connectivity index (χ3v) is 4.40. The van der Waals surface area contributed by atoms with Crippen LogP contribution in [-0.4, -0.2) is 24.5 Å². The summed E-state index contributed by atoms with van der Waals surface area (Å²) >= 11 is 0. The molecule has 3 aromatic carbocycles. The van der Waals surface area contributed by atoms with E-state index in [9.17, 15) is 27.2 Å². The standard InChI is InChI=1S/C23H17F4NO3/c24-15-6-8-18(20(26)11-15)22(29)28-17(10-14-4-2-1-3-5-14)13-31-23(30)19-9-7-16(25)12-21(19)27/h1-9,11-12,17H,10,13H2,(H,28,29)/t17-/m0/s1. The fourth-order valence-corrected chi connectivity index (χ4v) is 2.90. The summed E-state index contributed by atoms with van der Waals surface area (Å²) in [5.74, 6) is -5.67. The lowest BCUT2D eigenvalue weighted by Gasteiger charge is -2.19. The lowest BCUT2D eigenvalue weighted by Crippen LogP contribution is -2.40. The van der Waals surface area contributed by atoms with Gasteiger partial charge in [0, 0.05) is 12.1 Å². The molecule has 0 heterocycles. The van der Waals surface area contributed by atoms with Crippen LogP contribution in [0.15, 0.2) is 66.7 Å². The maximum Gasteiger partial charge on any atom is 0.341 e. The Bertz CT molecular complexity index is 1090. The normalized spacial score (nSPS) is 11.6. The van der Waals surface area contributed by atoms with E-state index >= 15 is 0 Å². The first kappa shape index (κ1) is 22.0. The number of rotatable bonds is 7. The number of esters is 1. The Morgan fingerprint density at radius 1 is 0.806 bits per heavy atom. The van der Waals surface area contributed by atoms with Crippen LogP contribution < -0.4 is 5.32 Å². The predicted molar refractivity (Wildman–Crippen MR) is 104 cm³/mol. The summed E-state index contributed by atoms with van der Waals surface area (Å²) in [7, 11) is 0. The highest BCUT2D eigenvalue weighted by Gasteiger charge is 2.21. The van der Waals surface area contributed by atoms with Gasteiger partial charge in [-0.15, -0.1) is 0 Å². The molecule has 1 N–H and O–H groups in total. The average Bonchev–Trinajstić information content (AvgIpc) is 2.72. The topological polar surface area (TPSA) is 55.4 Å². The summed E-state index contributed by atoms with van der Waals surface area (Å²) in [6, 6.07) is 13.0. The zero-order chi connectivity index (χ0) is 22.4. The summed E-state index contributed by atoms with van der Waals surface area (Å²) in [6.45, 7) is -0.362. The minimum absolute atomic E-state index is 0.217. The number of hydrogen-bond donors (Lipinski definition) is 1. The van der Waals surface area contributed by atoms with E-state index in [2.05, 4.69) is 5.32 Å². The third kappa shape index (κ3) is 5.91. The van der Waals surface area contributed by atoms with Gasteiger partial charge in [0.15, 0.2) is 0 Å². The van der Waals surface area contributed by atoms with Crippen LogP contribution in [0.1, 0.15) is 26.3 Å². The van der Waals surface area contributed by atoms with Crippen molar-refractivity contribution in [1.82, 2.24) is 5.32 Å². The first-order valence-corrected chi connectivity index (χ1v) is 9.25. The number of nitrogens with one attached hydrogen (secondary N) is 1. The summed E-state index contributed by atoms with van der Waals surface area (Å²) in [6.07, 6.45) is 0.217. The van der Waals surface area contributed by atoms with Crippen molar-refractivity contribution in [2.75, 3.05) is 6.61 Å². The Kier molecular flexibility index (Phi) is 7.02. The van der Waals surface area contributed by atoms with E-state index in [1.165, 1.54) is 0 Å². The molecule has 31 heavy (non-hydrogen) atoms. The van der Waals surface area contributed by atoms with Gasteiger partial charge in [-0.3, -0.25) is 4.79 Å². The van der Waals surface area contributed by atoms with Crippen molar-refractivity contribution in [1.29, 1.82) is 0 Å². The summed E-state index contributed by atoms with van der Waals surface area (Å²) in [5.41, 5.74) is -0.0532. The Balaban J connectivity index is 1.74. The van der Waals surface area contributed by atoms with Crippen molar-refractivity contribution in [3.8, 4) is 0 Å². The molecule has 0 fully saturated rings. The number of carbonyl (C=O) groups is 2. The van der Waals surface area contributed by atoms with Gasteiger partial charge in [0.2, 0.25) is 0 Å². The van der Waals surface area contributed by atoms with Crippen molar-refractivity contribution in [3.63, 3.8) is 0 Å². The van der Waals surface area contributed by atoms with E-state index < -0.39 is 46.8 Å². The highest BCUT2D eigenvalue weighted by Crippen LogP contribution is 2.13. The van der Waals surface area contributed by atoms with Crippen molar-refractivity contribution in [2.24, 2.45) is 0 Å². The molecule has 0 bridgehead atoms. The molecular formula is C23H17F4NO3. The van der Waals surface area contributed by atoms with Crippen molar-refractivity contribution >= 4 is 11.9 Å². The molecule has 1 amide bonds. The molecule has 0 radical (unpaired) electrons. The van der Waals surface area contributed by atoms with Gasteiger partial charge >= 0.3 is 5.97 Å². The highest BCUT2D eigenvalue weighted by atomic mass is 19.1. The van der Waals surface area contributed by atoms with Crippen LogP contribution in [0.5, 0.6) is 0 Å². The van der Waals surface area contributed by atoms with Crippen molar-refractivity contribution in [2.45, 2.75) is 12.5 Å². The summed E-state index contributed by atoms with van der Waals surface area (Å²) in [4.78, 5) is 24.6. The van der Waals surface area contributed by atoms with Gasteiger partial charge in [-0.05, 0) is 36.2 Å². The van der Waals surface area contributed by atoms with Crippen LogP contribution in [-0.2, 0) is 11.2 Å². The molecule has 0 saturated carbocycles. The first-order chi connectivity index (χ1) is 14.8. The fraction of sp³-hybridized carbons (Fsp3) is 0.130. The van der Waals surface area contributed by atoms with Crippen LogP contribution >= 0.6 is 0 Å². The van der Waals surface area contributed by atoms with Crippen LogP contribution in [0.25, 0.3) is 0 Å². The van der Waals surface area contributed by atoms with Crippen LogP contribution in [0.3, 0.4) is 0 Å². The second-order valence-electron chi connectivity index (χ2n) is 6.71. The van der Waals surface area contributed by atoms with Gasteiger partial charge < -0.3 is 10.1 Å². The SMILES string of the molecule is O=C(N[C@H](COC(=O)c1ccc(F)cc1F)Cc1ccccc1)c1ccc(F)cc1F. The van der Waals surface area contributed by atoms with E-state index in [0.29, 0.717) is 12.1 Å². The molecule has 8 heteroatoms. The second-order valence-corrected chi connectivity index (χ2v) is 6.71. The average molecular weight is 431 g/mol. The number of hydrogen-bond acceptors (Lipinski definition) is 3. The molecular weight excluding hydrogens is 414 g/mol. The number of carbonyl (C=O) groups excluding carboxylic acids is 2. The Morgan fingerprint density at radius 3 is 1.97 bits per heavy atom. The summed E-state index contributed by atoms with van der Waals surface area (Å²) < 4.78 is 59.0. The molecule has 160 valence electrons. The zero-order valence-electron chi connectivity index (χ0n) is 16.1. The third-order valence-electron chi connectivity index (χ3n) is 4.40. The maximum absolute atomic E-state index is 13.9. The minimum Gasteiger partial charge on any atom is -0.460 e. The van der Waals surface area contributed by atoms with Crippen LogP contribution in [0.4, 0.5) is 17.6 Å². The van der Waals surface area contributed by atoms with Crippen LogP contribution in [0, 0.1) is 23.3 Å². The Labute approximate surface area is 175 Å². The highest BCUT2D eigenvalue weighted by molar-refractivity contribution is 5.94. The van der Waals surface area contributed by atoms with Gasteiger partial charge in [0.25, 0.3) is 5.91 Å². The maximum atomic E-state index is 13.9. The van der Waals surface area contributed by atoms with Gasteiger partial charge in [-0.1, -0.05) is 30.3 Å². The number of halogens is 4. The first-order valence-electron chi connectivity index (χ1n) is 9.25. The number of amides is 1. The van der Waals surface area contributed by atoms with E-state index in [0.717, 1.165) is 29.8 Å². The fourth-order valence-electron chi connectivity index (χ4n) is 2.90. The van der Waals surface area contributed by atoms with Crippen molar-refractivity contribution < 1.29 is 31.9 Å². The lowest BCUT2D eigenvalue weighted by atomic mass is 10.1. The Hall–Kier alpha value is -3.68. The molecule has 0 aliphatic heterocycles. The largest absolute Gasteiger partial charge is 0.460 e. The molecule has 3 rings (SSSR count). The van der Waals surface area contributed by atoms with Gasteiger partial charge in [-0.2, -0.15) is 0 Å². The zero-order valence-corrected chi connectivity index (χ0v) is 16.1. The monoisotopic (exact) mass is 431 g/mol. The minimum atomic E-state index is -1.08. The lowest BCUT2D eigenvalue weighted by molar-refractivity contribution is 0.0450. The molecule has 0 saturated heterocycles. The van der Waals surface area contributed by atoms with Crippen molar-refractivity contribution in [3.05, 3.63) is 107 Å². The van der Waals surface area contributed by atoms with Gasteiger partial charge in [0.05, 0.1) is 17.2 Å². The molecule has 0 aliphatic rings. The molecule has 1 atom stereocenters. The molecule has 0 aromatic heterocycles. The molecule has 0 spiro atoms. The number of ether oxygens (including phenoxy) is 1. The van der Waals surface area contributed by atoms with E-state index in [1.807, 2.05) is 0 Å². The van der Waals surface area contributed by atoms with Gasteiger partial charge in [0.1, 0.15) is 29.9 Å². The van der Waals surface area contributed by atoms with E-state index in [4.69, 9.17) is 4.74 Å². The van der Waals surface area contributed by atoms with E-state index in [1.54, 1.807) is 30.3 Å². The smallest absolute Gasteiger partial charge is 0.341 e. The molecule has 3 aromatic rings. The molecule has 0 unspecified atom stereocenters. The predicted octanol–water partition coefficient (Wildman–Crippen LogP) is 4.44. The molecule has 4 nitrogen and oxygen atoms in total. The second kappa shape index (κ2) is 9.88. The van der Waals surface area contributed by atoms with Gasteiger partial charge in [-0.25, -0.2) is 22.4 Å². The molecule has 0 aliphatic carbocycles. The Morgan fingerprint density at radius 2 is 1.39 bits per heavy atom. The van der Waals surface area contributed by atoms with E-state index in [-0.39, 0.29) is 18.6 Å². The number of benzene rings is 3. The van der Waals surface area contributed by atoms with Crippen LogP contribution in [0.2, 0.25) is 0 Å².